The van der Waals surface area contributed by atoms with E-state index in [4.69, 9.17) is 16.3 Å². The van der Waals surface area contributed by atoms with Crippen LogP contribution in [0, 0.1) is 9.49 Å². The molecule has 0 radical (unpaired) electrons. The van der Waals surface area contributed by atoms with Crippen molar-refractivity contribution < 1.29 is 9.53 Å². The van der Waals surface area contributed by atoms with Crippen molar-refractivity contribution in [1.29, 1.82) is 0 Å². The van der Waals surface area contributed by atoms with E-state index in [0.29, 0.717) is 17.3 Å². The maximum atomic E-state index is 12.0. The molecule has 0 bridgehead atoms. The lowest BCUT2D eigenvalue weighted by Crippen LogP contribution is -2.27. The fourth-order valence-corrected chi connectivity index (χ4v) is 2.80. The van der Waals surface area contributed by atoms with Crippen LogP contribution in [0.4, 0.5) is 5.69 Å². The summed E-state index contributed by atoms with van der Waals surface area (Å²) in [7, 11) is 0. The molecule has 0 saturated carbocycles. The Labute approximate surface area is 119 Å². The summed E-state index contributed by atoms with van der Waals surface area (Å²) < 4.78 is 6.42. The Kier molecular flexibility index (Phi) is 4.27. The van der Waals surface area contributed by atoms with Gasteiger partial charge in [-0.1, -0.05) is 11.6 Å². The Balaban J connectivity index is 2.07. The topological polar surface area (TPSA) is 38.3 Å². The SMILES string of the molecule is CC1OCCC1C(=O)Nc1ccc(I)cc1Cl. The highest BCUT2D eigenvalue weighted by Gasteiger charge is 2.30. The summed E-state index contributed by atoms with van der Waals surface area (Å²) in [6.45, 7) is 2.58. The van der Waals surface area contributed by atoms with Gasteiger partial charge in [-0.2, -0.15) is 0 Å². The molecule has 1 aromatic carbocycles. The van der Waals surface area contributed by atoms with Crippen LogP contribution in [0.3, 0.4) is 0 Å². The minimum Gasteiger partial charge on any atom is -0.378 e. The number of rotatable bonds is 2. The van der Waals surface area contributed by atoms with Crippen molar-refractivity contribution >= 4 is 45.8 Å². The van der Waals surface area contributed by atoms with Crippen molar-refractivity contribution in [3.05, 3.63) is 26.8 Å². The summed E-state index contributed by atoms with van der Waals surface area (Å²) in [6, 6.07) is 5.56. The highest BCUT2D eigenvalue weighted by molar-refractivity contribution is 14.1. The van der Waals surface area contributed by atoms with Crippen molar-refractivity contribution in [2.75, 3.05) is 11.9 Å². The monoisotopic (exact) mass is 365 g/mol. The second-order valence-electron chi connectivity index (χ2n) is 4.08. The summed E-state index contributed by atoms with van der Waals surface area (Å²) in [5.74, 6) is -0.0940. The van der Waals surface area contributed by atoms with E-state index >= 15 is 0 Å². The standard InChI is InChI=1S/C12H13ClINO2/c1-7-9(4-5-17-7)12(16)15-11-3-2-8(14)6-10(11)13/h2-3,6-7,9H,4-5H2,1H3,(H,15,16). The van der Waals surface area contributed by atoms with Gasteiger partial charge in [0.05, 0.1) is 22.7 Å². The number of amides is 1. The first-order valence-corrected chi connectivity index (χ1v) is 6.91. The first kappa shape index (κ1) is 13.1. The molecule has 1 heterocycles. The molecule has 2 rings (SSSR count). The molecule has 0 spiro atoms. The largest absolute Gasteiger partial charge is 0.378 e. The van der Waals surface area contributed by atoms with E-state index in [0.717, 1.165) is 9.99 Å². The van der Waals surface area contributed by atoms with Gasteiger partial charge in [-0.3, -0.25) is 4.79 Å². The van der Waals surface area contributed by atoms with Crippen LogP contribution in [0.1, 0.15) is 13.3 Å². The number of nitrogens with one attached hydrogen (secondary N) is 1. The summed E-state index contributed by atoms with van der Waals surface area (Å²) in [6.07, 6.45) is 0.757. The van der Waals surface area contributed by atoms with Crippen molar-refractivity contribution in [1.82, 2.24) is 0 Å². The lowest BCUT2D eigenvalue weighted by molar-refractivity contribution is -0.121. The summed E-state index contributed by atoms with van der Waals surface area (Å²) in [5, 5.41) is 3.42. The number of benzene rings is 1. The molecule has 5 heteroatoms. The zero-order chi connectivity index (χ0) is 12.4. The van der Waals surface area contributed by atoms with Gasteiger partial charge in [0.25, 0.3) is 0 Å². The zero-order valence-electron chi connectivity index (χ0n) is 9.37. The third kappa shape index (κ3) is 3.11. The lowest BCUT2D eigenvalue weighted by Gasteiger charge is -2.14. The number of anilines is 1. The van der Waals surface area contributed by atoms with E-state index < -0.39 is 0 Å². The maximum absolute atomic E-state index is 12.0. The van der Waals surface area contributed by atoms with Crippen LogP contribution in [0.25, 0.3) is 0 Å². The van der Waals surface area contributed by atoms with Crippen LogP contribution >= 0.6 is 34.2 Å². The van der Waals surface area contributed by atoms with Gasteiger partial charge in [0, 0.05) is 10.2 Å². The molecule has 1 aliphatic heterocycles. The normalized spacial score (nSPS) is 23.7. The van der Waals surface area contributed by atoms with Gasteiger partial charge in [-0.15, -0.1) is 0 Å². The minimum absolute atomic E-state index is 0.0156. The molecule has 1 fully saturated rings. The number of hydrogen-bond acceptors (Lipinski definition) is 2. The van der Waals surface area contributed by atoms with Gasteiger partial charge >= 0.3 is 0 Å². The molecule has 2 atom stereocenters. The molecule has 17 heavy (non-hydrogen) atoms. The molecule has 0 aromatic heterocycles. The van der Waals surface area contributed by atoms with E-state index in [1.807, 2.05) is 25.1 Å². The smallest absolute Gasteiger partial charge is 0.230 e. The molecule has 1 saturated heterocycles. The fraction of sp³-hybridized carbons (Fsp3) is 0.417. The highest BCUT2D eigenvalue weighted by atomic mass is 127. The quantitative estimate of drug-likeness (QED) is 0.817. The second-order valence-corrected chi connectivity index (χ2v) is 5.74. The highest BCUT2D eigenvalue weighted by Crippen LogP contribution is 2.27. The summed E-state index contributed by atoms with van der Waals surface area (Å²) in [4.78, 5) is 12.0. The van der Waals surface area contributed by atoms with Crippen molar-refractivity contribution in [2.45, 2.75) is 19.4 Å². The first-order chi connectivity index (χ1) is 8.08. The van der Waals surface area contributed by atoms with Gasteiger partial charge in [-0.05, 0) is 54.1 Å². The molecular weight excluding hydrogens is 352 g/mol. The molecule has 3 nitrogen and oxygen atoms in total. The number of carbonyl (C=O) groups is 1. The third-order valence-corrected chi connectivity index (χ3v) is 3.89. The predicted molar refractivity (Wildman–Crippen MR) is 76.3 cm³/mol. The number of hydrogen-bond donors (Lipinski definition) is 1. The Morgan fingerprint density at radius 1 is 1.59 bits per heavy atom. The predicted octanol–water partition coefficient (Wildman–Crippen LogP) is 3.31. The molecule has 1 aromatic rings. The zero-order valence-corrected chi connectivity index (χ0v) is 12.3. The molecule has 2 unspecified atom stereocenters. The van der Waals surface area contributed by atoms with Gasteiger partial charge < -0.3 is 10.1 Å². The van der Waals surface area contributed by atoms with Crippen molar-refractivity contribution in [3.63, 3.8) is 0 Å². The van der Waals surface area contributed by atoms with Crippen molar-refractivity contribution in [3.8, 4) is 0 Å². The fourth-order valence-electron chi connectivity index (χ4n) is 1.89. The van der Waals surface area contributed by atoms with Crippen LogP contribution < -0.4 is 5.32 Å². The van der Waals surface area contributed by atoms with Crippen molar-refractivity contribution in [2.24, 2.45) is 5.92 Å². The molecule has 0 aliphatic carbocycles. The Morgan fingerprint density at radius 3 is 2.94 bits per heavy atom. The Bertz CT molecular complexity index is 439. The van der Waals surface area contributed by atoms with E-state index in [-0.39, 0.29) is 17.9 Å². The lowest BCUT2D eigenvalue weighted by atomic mass is 10.0. The molecule has 92 valence electrons. The van der Waals surface area contributed by atoms with E-state index in [1.165, 1.54) is 0 Å². The van der Waals surface area contributed by atoms with E-state index in [9.17, 15) is 4.79 Å². The van der Waals surface area contributed by atoms with Crippen LogP contribution in [0.2, 0.25) is 5.02 Å². The molecule has 1 aliphatic rings. The van der Waals surface area contributed by atoms with Gasteiger partial charge in [0.1, 0.15) is 0 Å². The average Bonchev–Trinajstić information content (AvgIpc) is 2.68. The van der Waals surface area contributed by atoms with E-state index in [1.54, 1.807) is 0 Å². The average molecular weight is 366 g/mol. The molecular formula is C12H13ClINO2. The Morgan fingerprint density at radius 2 is 2.35 bits per heavy atom. The summed E-state index contributed by atoms with van der Waals surface area (Å²) >= 11 is 8.25. The van der Waals surface area contributed by atoms with Gasteiger partial charge in [0.15, 0.2) is 0 Å². The molecule has 1 N–H and O–H groups in total. The number of ether oxygens (including phenoxy) is 1. The molecule has 1 amide bonds. The Hall–Kier alpha value is -0.330. The van der Waals surface area contributed by atoms with E-state index in [2.05, 4.69) is 27.9 Å². The number of halogens is 2. The maximum Gasteiger partial charge on any atom is 0.230 e. The van der Waals surface area contributed by atoms with Crippen LogP contribution in [0.15, 0.2) is 18.2 Å². The van der Waals surface area contributed by atoms with Gasteiger partial charge in [-0.25, -0.2) is 0 Å². The number of carbonyl (C=O) groups excluding carboxylic acids is 1. The van der Waals surface area contributed by atoms with Gasteiger partial charge in [0.2, 0.25) is 5.91 Å². The van der Waals surface area contributed by atoms with Crippen LogP contribution in [0.5, 0.6) is 0 Å². The third-order valence-electron chi connectivity index (χ3n) is 2.90. The van der Waals surface area contributed by atoms with Crippen LogP contribution in [-0.2, 0) is 9.53 Å². The first-order valence-electron chi connectivity index (χ1n) is 5.45. The van der Waals surface area contributed by atoms with Crippen LogP contribution in [-0.4, -0.2) is 18.6 Å². The summed E-state index contributed by atoms with van der Waals surface area (Å²) in [5.41, 5.74) is 0.663. The minimum atomic E-state index is -0.0784. The second kappa shape index (κ2) is 5.54.